The second kappa shape index (κ2) is 9.29. The number of alkyl halides is 1. The Morgan fingerprint density at radius 3 is 2.23 bits per heavy atom. The van der Waals surface area contributed by atoms with E-state index in [0.29, 0.717) is 0 Å². The molecule has 1 aromatic rings. The van der Waals surface area contributed by atoms with E-state index in [4.69, 9.17) is 5.73 Å². The van der Waals surface area contributed by atoms with E-state index in [1.807, 2.05) is 0 Å². The van der Waals surface area contributed by atoms with Crippen molar-refractivity contribution in [3.63, 3.8) is 0 Å². The van der Waals surface area contributed by atoms with Crippen molar-refractivity contribution < 1.29 is 44.1 Å². The third-order valence-corrected chi connectivity index (χ3v) is 8.64. The topological polar surface area (TPSA) is 204 Å². The summed E-state index contributed by atoms with van der Waals surface area (Å²) in [6.07, 6.45) is -1.71. The van der Waals surface area contributed by atoms with Gasteiger partial charge in [0.2, 0.25) is 11.8 Å². The highest BCUT2D eigenvalue weighted by Crippen LogP contribution is 2.55. The van der Waals surface area contributed by atoms with Gasteiger partial charge in [-0.2, -0.15) is 0 Å². The van der Waals surface area contributed by atoms with Gasteiger partial charge >= 0.3 is 0 Å². The number of benzene rings is 1. The largest absolute Gasteiger partial charge is 0.505 e. The molecule has 2 amide bonds. The average molecular weight is 608 g/mol. The van der Waals surface area contributed by atoms with Crippen LogP contribution in [0.15, 0.2) is 12.1 Å². The van der Waals surface area contributed by atoms with Gasteiger partial charge in [-0.1, -0.05) is 28.9 Å². The lowest BCUT2D eigenvalue weighted by atomic mass is 9.49. The molecule has 2 fully saturated rings. The SMILES string of the molecule is CC1c2ccc(NC(=O)C(C)(C)Br)c(O)c2C(=O)C2C(=O)[C@]3(O)C(=O)C(C(N)=O)C(=O)[C@@H](N(C)C)C3C(O)C21. The van der Waals surface area contributed by atoms with Gasteiger partial charge < -0.3 is 26.4 Å². The Bertz CT molecular complexity index is 1340. The molecule has 2 saturated carbocycles. The number of carbonyl (C=O) groups excluding carboxylic acids is 6. The number of aromatic hydroxyl groups is 1. The van der Waals surface area contributed by atoms with Crippen molar-refractivity contribution in [3.05, 3.63) is 23.3 Å². The zero-order chi connectivity index (χ0) is 29.5. The van der Waals surface area contributed by atoms with E-state index in [1.165, 1.54) is 31.1 Å². The van der Waals surface area contributed by atoms with Gasteiger partial charge in [0.15, 0.2) is 34.7 Å². The number of fused-ring (bicyclic) bond motifs is 3. The molecule has 210 valence electrons. The maximum atomic E-state index is 13.9. The molecule has 0 spiro atoms. The number of phenols is 1. The fourth-order valence-electron chi connectivity index (χ4n) is 6.36. The van der Waals surface area contributed by atoms with Crippen molar-refractivity contribution in [2.24, 2.45) is 29.4 Å². The molecule has 39 heavy (non-hydrogen) atoms. The van der Waals surface area contributed by atoms with Crippen molar-refractivity contribution in [1.82, 2.24) is 4.90 Å². The summed E-state index contributed by atoms with van der Waals surface area (Å²) in [6, 6.07) is 1.43. The number of hydrogen-bond donors (Lipinski definition) is 5. The van der Waals surface area contributed by atoms with Crippen molar-refractivity contribution in [3.8, 4) is 5.75 Å². The third-order valence-electron chi connectivity index (χ3n) is 8.28. The number of likely N-dealkylation sites (N-methyl/N-ethyl adjacent to an activating group) is 1. The zero-order valence-electron chi connectivity index (χ0n) is 21.9. The number of hydrogen-bond acceptors (Lipinski definition) is 10. The molecule has 4 rings (SSSR count). The molecule has 1 aromatic carbocycles. The number of amides is 2. The van der Waals surface area contributed by atoms with E-state index in [0.717, 1.165) is 0 Å². The van der Waals surface area contributed by atoms with Gasteiger partial charge in [0.25, 0.3) is 0 Å². The molecule has 0 heterocycles. The van der Waals surface area contributed by atoms with E-state index < -0.39 is 92.4 Å². The summed E-state index contributed by atoms with van der Waals surface area (Å²) < 4.78 is -1.02. The highest BCUT2D eigenvalue weighted by atomic mass is 79.9. The van der Waals surface area contributed by atoms with E-state index in [1.54, 1.807) is 20.8 Å². The lowest BCUT2D eigenvalue weighted by Gasteiger charge is -2.56. The molecular weight excluding hydrogens is 578 g/mol. The van der Waals surface area contributed by atoms with Crippen LogP contribution in [-0.2, 0) is 24.0 Å². The maximum absolute atomic E-state index is 13.9. The van der Waals surface area contributed by atoms with Gasteiger partial charge in [-0.05, 0) is 45.5 Å². The monoisotopic (exact) mass is 607 g/mol. The molecule has 0 saturated heterocycles. The number of Topliss-reactive ketones (excluding diaryl/α,β-unsaturated/α-hetero) is 4. The Labute approximate surface area is 232 Å². The molecule has 0 aliphatic heterocycles. The van der Waals surface area contributed by atoms with Crippen LogP contribution in [0.4, 0.5) is 5.69 Å². The lowest BCUT2D eigenvalue weighted by molar-refractivity contribution is -0.196. The van der Waals surface area contributed by atoms with Crippen LogP contribution in [0.2, 0.25) is 0 Å². The maximum Gasteiger partial charge on any atom is 0.240 e. The van der Waals surface area contributed by atoms with Gasteiger partial charge in [-0.3, -0.25) is 33.7 Å². The first-order valence-corrected chi connectivity index (χ1v) is 13.1. The molecule has 0 radical (unpaired) electrons. The second-order valence-corrected chi connectivity index (χ2v) is 13.2. The fraction of sp³-hybridized carbons (Fsp3) is 0.538. The number of carbonyl (C=O) groups is 6. The number of aliphatic hydroxyl groups excluding tert-OH is 1. The summed E-state index contributed by atoms with van der Waals surface area (Å²) in [4.78, 5) is 80.2. The Morgan fingerprint density at radius 2 is 1.72 bits per heavy atom. The highest BCUT2D eigenvalue weighted by molar-refractivity contribution is 9.10. The highest BCUT2D eigenvalue weighted by Gasteiger charge is 2.72. The van der Waals surface area contributed by atoms with Gasteiger partial charge in [-0.25, -0.2) is 0 Å². The van der Waals surface area contributed by atoms with E-state index in [2.05, 4.69) is 21.2 Å². The van der Waals surface area contributed by atoms with Crippen molar-refractivity contribution in [1.29, 1.82) is 0 Å². The molecule has 3 aliphatic rings. The molecular formula is C26H30BrN3O9. The average Bonchev–Trinajstić information content (AvgIpc) is 2.81. The number of nitrogens with one attached hydrogen (secondary N) is 1. The predicted molar refractivity (Wildman–Crippen MR) is 139 cm³/mol. The smallest absolute Gasteiger partial charge is 0.240 e. The van der Waals surface area contributed by atoms with Crippen LogP contribution in [-0.4, -0.2) is 91.3 Å². The minimum atomic E-state index is -3.07. The Hall–Kier alpha value is -3.00. The van der Waals surface area contributed by atoms with Crippen molar-refractivity contribution in [2.45, 2.75) is 48.8 Å². The minimum absolute atomic E-state index is 0.105. The summed E-state index contributed by atoms with van der Waals surface area (Å²) in [5.41, 5.74) is 2.10. The lowest BCUT2D eigenvalue weighted by Crippen LogP contribution is -2.77. The van der Waals surface area contributed by atoms with Gasteiger partial charge in [0.05, 0.1) is 39.6 Å². The van der Waals surface area contributed by atoms with Crippen LogP contribution in [0.1, 0.15) is 42.6 Å². The Morgan fingerprint density at radius 1 is 1.13 bits per heavy atom. The summed E-state index contributed by atoms with van der Waals surface area (Å²) in [5.74, 6) is -14.8. The molecule has 8 atom stereocenters. The van der Waals surface area contributed by atoms with E-state index in [-0.39, 0.29) is 16.8 Å². The molecule has 12 nitrogen and oxygen atoms in total. The molecule has 0 aromatic heterocycles. The van der Waals surface area contributed by atoms with Crippen LogP contribution in [0.5, 0.6) is 5.75 Å². The number of aliphatic hydroxyl groups is 2. The number of rotatable bonds is 4. The normalized spacial score (nSPS) is 34.3. The molecule has 6 unspecified atom stereocenters. The predicted octanol–water partition coefficient (Wildman–Crippen LogP) is -0.489. The number of ketones is 4. The third kappa shape index (κ3) is 3.97. The van der Waals surface area contributed by atoms with E-state index >= 15 is 0 Å². The summed E-state index contributed by atoms with van der Waals surface area (Å²) in [5, 5.41) is 36.8. The van der Waals surface area contributed by atoms with Gasteiger partial charge in [-0.15, -0.1) is 0 Å². The summed E-state index contributed by atoms with van der Waals surface area (Å²) in [7, 11) is 2.85. The molecule has 3 aliphatic carbocycles. The van der Waals surface area contributed by atoms with Crippen LogP contribution < -0.4 is 11.1 Å². The van der Waals surface area contributed by atoms with Crippen molar-refractivity contribution >= 4 is 56.6 Å². The second-order valence-electron chi connectivity index (χ2n) is 11.2. The van der Waals surface area contributed by atoms with Gasteiger partial charge in [0, 0.05) is 5.92 Å². The minimum Gasteiger partial charge on any atom is -0.505 e. The Kier molecular flexibility index (Phi) is 6.91. The quantitative estimate of drug-likeness (QED) is 0.169. The molecule has 0 bridgehead atoms. The standard InChI is InChI=1S/C26H30BrN3O9/c1-8-9-6-7-10(29-24(38)25(2,3)27)17(31)12(9)18(32)13-11(8)19(33)15-16(30(4)5)20(34)14(23(28)37)22(36)26(15,39)21(13)35/h6-8,11,13-16,19,31,33,39H,1-5H3,(H2,28,37)(H,29,38)/t8?,11?,13?,14?,15?,16-,19?,26-/m0/s1. The van der Waals surface area contributed by atoms with E-state index in [9.17, 15) is 44.1 Å². The number of nitrogens with two attached hydrogens (primary N) is 1. The summed E-state index contributed by atoms with van der Waals surface area (Å²) in [6.45, 7) is 4.74. The van der Waals surface area contributed by atoms with Crippen molar-refractivity contribution in [2.75, 3.05) is 19.4 Å². The number of anilines is 1. The van der Waals surface area contributed by atoms with Crippen LogP contribution in [0, 0.1) is 23.7 Å². The molecule has 13 heteroatoms. The number of primary amides is 1. The van der Waals surface area contributed by atoms with Gasteiger partial charge in [0.1, 0.15) is 5.75 Å². The number of halogens is 1. The first kappa shape index (κ1) is 29.0. The number of nitrogens with zero attached hydrogens (tertiary/aromatic N) is 1. The number of phenolic OH excluding ortho intramolecular Hbond substituents is 1. The Balaban J connectivity index is 1.89. The molecule has 6 N–H and O–H groups in total. The summed E-state index contributed by atoms with van der Waals surface area (Å²) >= 11 is 3.21. The zero-order valence-corrected chi connectivity index (χ0v) is 23.5. The first-order valence-electron chi connectivity index (χ1n) is 12.3. The van der Waals surface area contributed by atoms with Crippen LogP contribution in [0.25, 0.3) is 0 Å². The fourth-order valence-corrected chi connectivity index (χ4v) is 6.46. The first-order chi connectivity index (χ1) is 17.9. The van der Waals surface area contributed by atoms with Crippen LogP contribution >= 0.6 is 15.9 Å². The van der Waals surface area contributed by atoms with Crippen LogP contribution in [0.3, 0.4) is 0 Å².